The first-order chi connectivity index (χ1) is 22.0. The summed E-state index contributed by atoms with van der Waals surface area (Å²) in [5.74, 6) is 0.323. The SMILES string of the molecule is CCCCCCCCCCOC(=O)C(C)(C)CCCCC(O)CCCCC(C)(C)C(=O)OCC(CCCCC)CCCCCCC. The number of hydrogen-bond acceptors (Lipinski definition) is 5. The molecule has 0 spiro atoms. The van der Waals surface area contributed by atoms with Crippen LogP contribution in [-0.2, 0) is 19.1 Å². The van der Waals surface area contributed by atoms with Crippen molar-refractivity contribution >= 4 is 11.9 Å². The largest absolute Gasteiger partial charge is 0.465 e. The molecule has 0 aliphatic heterocycles. The van der Waals surface area contributed by atoms with Gasteiger partial charge >= 0.3 is 11.9 Å². The van der Waals surface area contributed by atoms with Crippen LogP contribution in [0.4, 0.5) is 0 Å². The van der Waals surface area contributed by atoms with Crippen molar-refractivity contribution in [3.8, 4) is 0 Å². The molecule has 1 N–H and O–H groups in total. The summed E-state index contributed by atoms with van der Waals surface area (Å²) in [5.41, 5.74) is -0.968. The number of unbranched alkanes of at least 4 members (excludes halogenated alkanes) is 15. The summed E-state index contributed by atoms with van der Waals surface area (Å²) in [4.78, 5) is 25.6. The van der Waals surface area contributed by atoms with E-state index >= 15 is 0 Å². The molecule has 0 saturated carbocycles. The molecule has 0 amide bonds. The maximum absolute atomic E-state index is 13.0. The summed E-state index contributed by atoms with van der Waals surface area (Å²) in [6.07, 6.45) is 28.7. The number of rotatable bonds is 33. The van der Waals surface area contributed by atoms with Gasteiger partial charge in [-0.25, -0.2) is 0 Å². The third-order valence-corrected chi connectivity index (χ3v) is 9.90. The van der Waals surface area contributed by atoms with E-state index in [0.29, 0.717) is 19.1 Å². The van der Waals surface area contributed by atoms with Crippen molar-refractivity contribution < 1.29 is 24.2 Å². The van der Waals surface area contributed by atoms with E-state index < -0.39 is 10.8 Å². The van der Waals surface area contributed by atoms with Crippen molar-refractivity contribution in [2.24, 2.45) is 16.7 Å². The standard InChI is InChI=1S/C41H80O5/c1-8-11-14-16-17-18-20-27-34-45-38(43)40(4,5)32-25-23-30-37(42)31-24-26-33-41(6,7)39(44)46-35-36(28-21-13-10-3)29-22-19-15-12-9-2/h36-37,42H,8-35H2,1-7H3. The van der Waals surface area contributed by atoms with Crippen LogP contribution in [0.1, 0.15) is 215 Å². The average molecular weight is 653 g/mol. The summed E-state index contributed by atoms with van der Waals surface area (Å²) in [7, 11) is 0. The molecule has 0 aromatic heterocycles. The molecule has 0 bridgehead atoms. The molecule has 5 nitrogen and oxygen atoms in total. The quantitative estimate of drug-likeness (QED) is 0.0564. The first-order valence-electron chi connectivity index (χ1n) is 20.0. The summed E-state index contributed by atoms with van der Waals surface area (Å²) in [6.45, 7) is 15.8. The number of ether oxygens (including phenoxy) is 2. The summed E-state index contributed by atoms with van der Waals surface area (Å²) in [5, 5.41) is 10.5. The minimum absolute atomic E-state index is 0.0709. The van der Waals surface area contributed by atoms with Crippen molar-refractivity contribution in [3.05, 3.63) is 0 Å². The van der Waals surface area contributed by atoms with E-state index in [1.807, 2.05) is 27.7 Å². The van der Waals surface area contributed by atoms with Gasteiger partial charge in [0.2, 0.25) is 0 Å². The van der Waals surface area contributed by atoms with E-state index in [1.165, 1.54) is 96.3 Å². The topological polar surface area (TPSA) is 72.8 Å². The van der Waals surface area contributed by atoms with Gasteiger partial charge in [0, 0.05) is 0 Å². The molecule has 274 valence electrons. The number of carbonyl (C=O) groups is 2. The Hall–Kier alpha value is -1.10. The molecule has 0 saturated heterocycles. The average Bonchev–Trinajstić information content (AvgIpc) is 3.02. The van der Waals surface area contributed by atoms with Crippen molar-refractivity contribution in [1.82, 2.24) is 0 Å². The zero-order chi connectivity index (χ0) is 34.5. The van der Waals surface area contributed by atoms with E-state index in [4.69, 9.17) is 9.47 Å². The summed E-state index contributed by atoms with van der Waals surface area (Å²) >= 11 is 0. The highest BCUT2D eigenvalue weighted by atomic mass is 16.5. The summed E-state index contributed by atoms with van der Waals surface area (Å²) < 4.78 is 11.5. The van der Waals surface area contributed by atoms with Crippen LogP contribution < -0.4 is 0 Å². The second-order valence-electron chi connectivity index (χ2n) is 15.7. The number of hydrogen-bond donors (Lipinski definition) is 1. The highest BCUT2D eigenvalue weighted by molar-refractivity contribution is 5.76. The Morgan fingerprint density at radius 3 is 1.37 bits per heavy atom. The van der Waals surface area contributed by atoms with E-state index in [-0.39, 0.29) is 18.0 Å². The Balaban J connectivity index is 4.15. The second kappa shape index (κ2) is 28.9. The van der Waals surface area contributed by atoms with E-state index in [2.05, 4.69) is 20.8 Å². The molecular formula is C41H80O5. The van der Waals surface area contributed by atoms with Crippen LogP contribution >= 0.6 is 0 Å². The molecule has 46 heavy (non-hydrogen) atoms. The van der Waals surface area contributed by atoms with Gasteiger partial charge in [-0.2, -0.15) is 0 Å². The Kier molecular flexibility index (Phi) is 28.2. The van der Waals surface area contributed by atoms with Gasteiger partial charge in [0.25, 0.3) is 0 Å². The molecular weight excluding hydrogens is 572 g/mol. The van der Waals surface area contributed by atoms with Crippen LogP contribution in [0, 0.1) is 16.7 Å². The zero-order valence-corrected chi connectivity index (χ0v) is 32.0. The monoisotopic (exact) mass is 653 g/mol. The fraction of sp³-hybridized carbons (Fsp3) is 0.951. The Labute approximate surface area is 287 Å². The van der Waals surface area contributed by atoms with Gasteiger partial charge in [-0.3, -0.25) is 9.59 Å². The van der Waals surface area contributed by atoms with E-state index in [9.17, 15) is 14.7 Å². The highest BCUT2D eigenvalue weighted by Gasteiger charge is 2.30. The van der Waals surface area contributed by atoms with Crippen LogP contribution in [-0.4, -0.2) is 36.4 Å². The van der Waals surface area contributed by atoms with Crippen LogP contribution in [0.5, 0.6) is 0 Å². The predicted molar refractivity (Wildman–Crippen MR) is 196 cm³/mol. The second-order valence-corrected chi connectivity index (χ2v) is 15.7. The fourth-order valence-electron chi connectivity index (χ4n) is 6.26. The molecule has 0 radical (unpaired) electrons. The van der Waals surface area contributed by atoms with Gasteiger partial charge in [0.15, 0.2) is 0 Å². The Morgan fingerprint density at radius 2 is 0.870 bits per heavy atom. The lowest BCUT2D eigenvalue weighted by atomic mass is 9.86. The normalized spacial score (nSPS) is 13.5. The number of esters is 2. The molecule has 0 aromatic rings. The van der Waals surface area contributed by atoms with Gasteiger partial charge in [0.1, 0.15) is 0 Å². The predicted octanol–water partition coefficient (Wildman–Crippen LogP) is 12.3. The van der Waals surface area contributed by atoms with Crippen LogP contribution in [0.15, 0.2) is 0 Å². The molecule has 0 aliphatic carbocycles. The van der Waals surface area contributed by atoms with Gasteiger partial charge < -0.3 is 14.6 Å². The van der Waals surface area contributed by atoms with Crippen molar-refractivity contribution in [1.29, 1.82) is 0 Å². The first kappa shape index (κ1) is 44.9. The molecule has 5 heteroatoms. The fourth-order valence-corrected chi connectivity index (χ4v) is 6.26. The molecule has 2 unspecified atom stereocenters. The zero-order valence-electron chi connectivity index (χ0n) is 32.0. The lowest BCUT2D eigenvalue weighted by Crippen LogP contribution is -2.28. The van der Waals surface area contributed by atoms with Gasteiger partial charge in [-0.05, 0) is 78.6 Å². The van der Waals surface area contributed by atoms with E-state index in [0.717, 1.165) is 70.6 Å². The number of aliphatic hydroxyl groups is 1. The Bertz CT molecular complexity index is 716. The minimum atomic E-state index is -0.492. The molecule has 0 rings (SSSR count). The van der Waals surface area contributed by atoms with Gasteiger partial charge in [-0.15, -0.1) is 0 Å². The Morgan fingerprint density at radius 1 is 0.500 bits per heavy atom. The molecule has 2 atom stereocenters. The molecule has 0 heterocycles. The maximum Gasteiger partial charge on any atom is 0.311 e. The number of aliphatic hydroxyl groups excluding tert-OH is 1. The van der Waals surface area contributed by atoms with Crippen LogP contribution in [0.25, 0.3) is 0 Å². The third-order valence-electron chi connectivity index (χ3n) is 9.90. The lowest BCUT2D eigenvalue weighted by Gasteiger charge is -2.25. The highest BCUT2D eigenvalue weighted by Crippen LogP contribution is 2.29. The van der Waals surface area contributed by atoms with Gasteiger partial charge in [-0.1, -0.05) is 143 Å². The van der Waals surface area contributed by atoms with Gasteiger partial charge in [0.05, 0.1) is 30.1 Å². The van der Waals surface area contributed by atoms with Crippen LogP contribution in [0.3, 0.4) is 0 Å². The summed E-state index contributed by atoms with van der Waals surface area (Å²) in [6, 6.07) is 0. The first-order valence-corrected chi connectivity index (χ1v) is 20.0. The third kappa shape index (κ3) is 25.0. The lowest BCUT2D eigenvalue weighted by molar-refractivity contribution is -0.156. The maximum atomic E-state index is 13.0. The van der Waals surface area contributed by atoms with E-state index in [1.54, 1.807) is 0 Å². The van der Waals surface area contributed by atoms with Crippen molar-refractivity contribution in [2.75, 3.05) is 13.2 Å². The smallest absolute Gasteiger partial charge is 0.311 e. The van der Waals surface area contributed by atoms with Crippen molar-refractivity contribution in [3.63, 3.8) is 0 Å². The molecule has 0 aliphatic rings. The number of carbonyl (C=O) groups excluding carboxylic acids is 2. The van der Waals surface area contributed by atoms with Crippen LogP contribution in [0.2, 0.25) is 0 Å². The molecule has 0 aromatic carbocycles. The van der Waals surface area contributed by atoms with Crippen molar-refractivity contribution in [2.45, 2.75) is 222 Å². The molecule has 0 fully saturated rings. The minimum Gasteiger partial charge on any atom is -0.465 e.